The van der Waals surface area contributed by atoms with Crippen LogP contribution >= 0.6 is 0 Å². The van der Waals surface area contributed by atoms with E-state index in [0.717, 1.165) is 28.7 Å². The lowest BCUT2D eigenvalue weighted by Crippen LogP contribution is -2.55. The van der Waals surface area contributed by atoms with Crippen molar-refractivity contribution < 1.29 is 24.2 Å². The van der Waals surface area contributed by atoms with E-state index < -0.39 is 36.3 Å². The average Bonchev–Trinajstić information content (AvgIpc) is 3.52. The van der Waals surface area contributed by atoms with Crippen molar-refractivity contribution in [2.24, 2.45) is 5.92 Å². The number of nitrogens with one attached hydrogen (secondary N) is 2. The lowest BCUT2D eigenvalue weighted by Gasteiger charge is -2.36. The number of hydrogen-bond donors (Lipinski definition) is 3. The second kappa shape index (κ2) is 11.3. The standard InChI is InChI=1S/C29H39N3O5/c1-17-11-8-9-14-21(17)30-26(34)25(24-18(2)12-10-13-19(24)3)32(23-15-20(23)4)27(35)22(16-33)31-28(36)37-29(5,6)7/h8-14,20,22-23,25,33H,15-16H2,1-7H3,(H,30,34)(H,31,36). The first-order chi connectivity index (χ1) is 17.3. The summed E-state index contributed by atoms with van der Waals surface area (Å²) in [6.07, 6.45) is -0.0910. The maximum Gasteiger partial charge on any atom is 0.408 e. The largest absolute Gasteiger partial charge is 0.444 e. The molecule has 1 fully saturated rings. The van der Waals surface area contributed by atoms with Crippen LogP contribution in [-0.4, -0.2) is 52.2 Å². The molecule has 0 saturated heterocycles. The molecule has 2 aromatic carbocycles. The number of benzene rings is 2. The Morgan fingerprint density at radius 3 is 2.11 bits per heavy atom. The van der Waals surface area contributed by atoms with Crippen LogP contribution in [0.5, 0.6) is 0 Å². The van der Waals surface area contributed by atoms with Gasteiger partial charge in [-0.1, -0.05) is 43.3 Å². The van der Waals surface area contributed by atoms with Gasteiger partial charge in [0.1, 0.15) is 17.7 Å². The van der Waals surface area contributed by atoms with Gasteiger partial charge >= 0.3 is 6.09 Å². The van der Waals surface area contributed by atoms with Crippen LogP contribution in [-0.2, 0) is 14.3 Å². The Hall–Kier alpha value is -3.39. The number of carbonyl (C=O) groups is 3. The number of aryl methyl sites for hydroxylation is 3. The summed E-state index contributed by atoms with van der Waals surface area (Å²) in [4.78, 5) is 42.0. The zero-order valence-electron chi connectivity index (χ0n) is 22.8. The monoisotopic (exact) mass is 509 g/mol. The molecule has 2 aromatic rings. The summed E-state index contributed by atoms with van der Waals surface area (Å²) < 4.78 is 5.31. The molecular formula is C29H39N3O5. The third kappa shape index (κ3) is 6.89. The van der Waals surface area contributed by atoms with Crippen molar-refractivity contribution in [2.75, 3.05) is 11.9 Å². The number of aliphatic hydroxyl groups is 1. The molecule has 0 aliphatic heterocycles. The topological polar surface area (TPSA) is 108 Å². The highest BCUT2D eigenvalue weighted by Gasteiger charge is 2.48. The van der Waals surface area contributed by atoms with Crippen LogP contribution in [0.2, 0.25) is 0 Å². The van der Waals surface area contributed by atoms with E-state index >= 15 is 0 Å². The van der Waals surface area contributed by atoms with Crippen LogP contribution in [0.4, 0.5) is 10.5 Å². The fourth-order valence-corrected chi connectivity index (χ4v) is 4.56. The molecule has 1 saturated carbocycles. The van der Waals surface area contributed by atoms with Crippen molar-refractivity contribution in [1.82, 2.24) is 10.2 Å². The second-order valence-corrected chi connectivity index (χ2v) is 10.9. The van der Waals surface area contributed by atoms with Gasteiger partial charge < -0.3 is 25.4 Å². The molecule has 1 aliphatic carbocycles. The highest BCUT2D eigenvalue weighted by Crippen LogP contribution is 2.42. The fraction of sp³-hybridized carbons (Fsp3) is 0.483. The maximum absolute atomic E-state index is 14.0. The average molecular weight is 510 g/mol. The van der Waals surface area contributed by atoms with Gasteiger partial charge in [0.15, 0.2) is 0 Å². The minimum absolute atomic E-state index is 0.169. The van der Waals surface area contributed by atoms with E-state index in [1.165, 1.54) is 0 Å². The smallest absolute Gasteiger partial charge is 0.408 e. The third-order valence-corrected chi connectivity index (χ3v) is 6.60. The number of rotatable bonds is 8. The predicted octanol–water partition coefficient (Wildman–Crippen LogP) is 4.41. The van der Waals surface area contributed by atoms with Gasteiger partial charge in [-0.05, 0) is 82.2 Å². The van der Waals surface area contributed by atoms with Crippen molar-refractivity contribution in [3.05, 3.63) is 64.7 Å². The molecule has 8 nitrogen and oxygen atoms in total. The Bertz CT molecular complexity index is 1140. The summed E-state index contributed by atoms with van der Waals surface area (Å²) in [5, 5.41) is 15.6. The van der Waals surface area contributed by atoms with Gasteiger partial charge in [0, 0.05) is 11.7 Å². The van der Waals surface area contributed by atoms with Gasteiger partial charge in [0.05, 0.1) is 6.61 Å². The number of alkyl carbamates (subject to hydrolysis) is 1. The van der Waals surface area contributed by atoms with Crippen LogP contribution in [0, 0.1) is 26.7 Å². The van der Waals surface area contributed by atoms with E-state index in [0.29, 0.717) is 5.69 Å². The Morgan fingerprint density at radius 2 is 1.59 bits per heavy atom. The van der Waals surface area contributed by atoms with Crippen LogP contribution in [0.25, 0.3) is 0 Å². The molecule has 3 N–H and O–H groups in total. The second-order valence-electron chi connectivity index (χ2n) is 10.9. The molecular weight excluding hydrogens is 470 g/mol. The Labute approximate surface area is 219 Å². The maximum atomic E-state index is 14.0. The predicted molar refractivity (Wildman–Crippen MR) is 143 cm³/mol. The SMILES string of the molecule is Cc1ccccc1NC(=O)C(c1c(C)cccc1C)N(C(=O)C(CO)NC(=O)OC(C)(C)C)C1CC1C. The Morgan fingerprint density at radius 1 is 1.03 bits per heavy atom. The first-order valence-electron chi connectivity index (χ1n) is 12.7. The molecule has 3 rings (SSSR count). The number of amides is 3. The minimum Gasteiger partial charge on any atom is -0.444 e. The molecule has 0 radical (unpaired) electrons. The molecule has 4 unspecified atom stereocenters. The summed E-state index contributed by atoms with van der Waals surface area (Å²) >= 11 is 0. The lowest BCUT2D eigenvalue weighted by atomic mass is 9.93. The molecule has 4 atom stereocenters. The van der Waals surface area contributed by atoms with Crippen LogP contribution in [0.15, 0.2) is 42.5 Å². The van der Waals surface area contributed by atoms with Crippen LogP contribution in [0.3, 0.4) is 0 Å². The summed E-state index contributed by atoms with van der Waals surface area (Å²) in [5.41, 5.74) is 3.26. The number of anilines is 1. The molecule has 8 heteroatoms. The zero-order chi connectivity index (χ0) is 27.5. The lowest BCUT2D eigenvalue weighted by molar-refractivity contribution is -0.142. The van der Waals surface area contributed by atoms with Gasteiger partial charge in [0.2, 0.25) is 5.91 Å². The number of ether oxygens (including phenoxy) is 1. The molecule has 200 valence electrons. The van der Waals surface area contributed by atoms with Gasteiger partial charge in [0.25, 0.3) is 5.91 Å². The van der Waals surface area contributed by atoms with Crippen LogP contribution in [0.1, 0.15) is 62.4 Å². The minimum atomic E-state index is -1.26. The Balaban J connectivity index is 2.05. The molecule has 37 heavy (non-hydrogen) atoms. The van der Waals surface area contributed by atoms with E-state index in [1.807, 2.05) is 70.2 Å². The summed E-state index contributed by atoms with van der Waals surface area (Å²) in [7, 11) is 0. The number of carbonyl (C=O) groups excluding carboxylic acids is 3. The number of hydrogen-bond acceptors (Lipinski definition) is 5. The van der Waals surface area contributed by atoms with Crippen LogP contribution < -0.4 is 10.6 Å². The first-order valence-corrected chi connectivity index (χ1v) is 12.7. The molecule has 0 heterocycles. The van der Waals surface area contributed by atoms with Crippen molar-refractivity contribution in [3.8, 4) is 0 Å². The normalized spacial score (nSPS) is 18.4. The summed E-state index contributed by atoms with van der Waals surface area (Å²) in [6.45, 7) is 12.3. The number of aliphatic hydroxyl groups excluding tert-OH is 1. The molecule has 1 aliphatic rings. The van der Waals surface area contributed by atoms with Gasteiger partial charge in [-0.15, -0.1) is 0 Å². The summed E-state index contributed by atoms with van der Waals surface area (Å²) in [6, 6.07) is 10.8. The molecule has 0 spiro atoms. The van der Waals surface area contributed by atoms with Crippen molar-refractivity contribution in [2.45, 2.75) is 78.6 Å². The van der Waals surface area contributed by atoms with E-state index in [-0.39, 0.29) is 17.9 Å². The fourth-order valence-electron chi connectivity index (χ4n) is 4.56. The van der Waals surface area contributed by atoms with E-state index in [2.05, 4.69) is 10.6 Å². The quantitative estimate of drug-likeness (QED) is 0.488. The number of nitrogens with zero attached hydrogens (tertiary/aromatic N) is 1. The van der Waals surface area contributed by atoms with E-state index in [4.69, 9.17) is 4.74 Å². The zero-order valence-corrected chi connectivity index (χ0v) is 22.8. The first kappa shape index (κ1) is 28.2. The molecule has 0 aromatic heterocycles. The van der Waals surface area contributed by atoms with Gasteiger partial charge in [-0.2, -0.15) is 0 Å². The van der Waals surface area contributed by atoms with Crippen molar-refractivity contribution in [3.63, 3.8) is 0 Å². The summed E-state index contributed by atoms with van der Waals surface area (Å²) in [5.74, 6) is -0.716. The van der Waals surface area contributed by atoms with Crippen molar-refractivity contribution >= 4 is 23.6 Å². The number of para-hydroxylation sites is 1. The van der Waals surface area contributed by atoms with E-state index in [1.54, 1.807) is 25.7 Å². The molecule has 3 amide bonds. The molecule has 0 bridgehead atoms. The Kier molecular flexibility index (Phi) is 8.64. The highest BCUT2D eigenvalue weighted by molar-refractivity contribution is 6.00. The van der Waals surface area contributed by atoms with Crippen molar-refractivity contribution in [1.29, 1.82) is 0 Å². The van der Waals surface area contributed by atoms with Gasteiger partial charge in [-0.3, -0.25) is 9.59 Å². The van der Waals surface area contributed by atoms with Gasteiger partial charge in [-0.25, -0.2) is 4.79 Å². The highest BCUT2D eigenvalue weighted by atomic mass is 16.6. The van der Waals surface area contributed by atoms with E-state index in [9.17, 15) is 19.5 Å². The third-order valence-electron chi connectivity index (χ3n) is 6.60.